The molecule has 1 saturated heterocycles. The van der Waals surface area contributed by atoms with E-state index in [0.29, 0.717) is 5.56 Å². The first kappa shape index (κ1) is 20.5. The molecule has 2 N–H and O–H groups in total. The molecule has 7 nitrogen and oxygen atoms in total. The van der Waals surface area contributed by atoms with Gasteiger partial charge in [0.15, 0.2) is 5.11 Å². The van der Waals surface area contributed by atoms with Crippen LogP contribution in [0.2, 0.25) is 0 Å². The Morgan fingerprint density at radius 3 is 2.53 bits per heavy atom. The summed E-state index contributed by atoms with van der Waals surface area (Å²) in [4.78, 5) is 38.3. The van der Waals surface area contributed by atoms with Gasteiger partial charge in [-0.1, -0.05) is 0 Å². The Morgan fingerprint density at radius 2 is 1.87 bits per heavy atom. The Balaban J connectivity index is 1.84. The van der Waals surface area contributed by atoms with Crippen molar-refractivity contribution in [1.82, 2.24) is 15.2 Å². The first-order valence-corrected chi connectivity index (χ1v) is 10.8. The minimum atomic E-state index is -0.532. The number of carbonyl (C=O) groups excluding carboxylic acids is 3. The predicted octanol–water partition coefficient (Wildman–Crippen LogP) is 2.74. The van der Waals surface area contributed by atoms with E-state index in [1.54, 1.807) is 17.4 Å². The molecule has 3 heterocycles. The van der Waals surface area contributed by atoms with Gasteiger partial charge in [0.25, 0.3) is 11.8 Å². The van der Waals surface area contributed by atoms with Crippen LogP contribution in [0.3, 0.4) is 0 Å². The van der Waals surface area contributed by atoms with E-state index in [-0.39, 0.29) is 16.7 Å². The van der Waals surface area contributed by atoms with Crippen molar-refractivity contribution in [2.75, 3.05) is 7.11 Å². The Bertz CT molecular complexity index is 1120. The van der Waals surface area contributed by atoms with E-state index in [2.05, 4.69) is 10.6 Å². The number of hydrogen-bond donors (Lipinski definition) is 2. The maximum Gasteiger partial charge on any atom is 0.341 e. The molecular weight excluding hydrogens is 422 g/mol. The number of ether oxygens (including phenoxy) is 1. The van der Waals surface area contributed by atoms with Gasteiger partial charge in [0.2, 0.25) is 0 Å². The highest BCUT2D eigenvalue weighted by Crippen LogP contribution is 2.39. The van der Waals surface area contributed by atoms with Crippen molar-refractivity contribution in [3.05, 3.63) is 44.6 Å². The number of nitrogens with zero attached hydrogens (tertiary/aromatic N) is 1. The van der Waals surface area contributed by atoms with Crippen molar-refractivity contribution >= 4 is 52.5 Å². The van der Waals surface area contributed by atoms with Gasteiger partial charge in [0, 0.05) is 16.3 Å². The second kappa shape index (κ2) is 7.81. The van der Waals surface area contributed by atoms with E-state index in [4.69, 9.17) is 17.0 Å². The molecule has 0 radical (unpaired) electrons. The fraction of sp³-hybridized carbons (Fsp3) is 0.333. The molecule has 0 saturated carbocycles. The van der Waals surface area contributed by atoms with Crippen LogP contribution in [0.5, 0.6) is 0 Å². The monoisotopic (exact) mass is 443 g/mol. The van der Waals surface area contributed by atoms with Crippen LogP contribution in [0.1, 0.15) is 50.6 Å². The molecule has 9 heteroatoms. The molecule has 156 valence electrons. The standard InChI is InChI=1S/C21H21N3O4S2/c1-10-8-12(9-14-17(25)22-21(29)23-18(14)26)11(2)24(10)19-16(20(27)28-3)13-6-4-5-7-15(13)30-19/h8-9H,4-7H2,1-3H3,(H2,22,23,25,26,29). The van der Waals surface area contributed by atoms with Gasteiger partial charge in [-0.3, -0.25) is 20.2 Å². The molecule has 2 aromatic rings. The van der Waals surface area contributed by atoms with Crippen LogP contribution in [0.25, 0.3) is 11.1 Å². The van der Waals surface area contributed by atoms with Gasteiger partial charge in [-0.05, 0) is 75.0 Å². The summed E-state index contributed by atoms with van der Waals surface area (Å²) < 4.78 is 7.10. The number of aromatic nitrogens is 1. The number of fused-ring (bicyclic) bond motifs is 1. The van der Waals surface area contributed by atoms with Crippen molar-refractivity contribution in [2.45, 2.75) is 39.5 Å². The van der Waals surface area contributed by atoms with Crippen LogP contribution in [0.4, 0.5) is 0 Å². The largest absolute Gasteiger partial charge is 0.465 e. The molecule has 30 heavy (non-hydrogen) atoms. The molecule has 2 amide bonds. The van der Waals surface area contributed by atoms with E-state index in [1.807, 2.05) is 24.5 Å². The zero-order chi connectivity index (χ0) is 21.6. The number of thiophene rings is 1. The zero-order valence-electron chi connectivity index (χ0n) is 16.9. The third kappa shape index (κ3) is 3.37. The highest BCUT2D eigenvalue weighted by atomic mass is 32.1. The number of amides is 2. The van der Waals surface area contributed by atoms with Gasteiger partial charge in [-0.25, -0.2) is 4.79 Å². The van der Waals surface area contributed by atoms with E-state index in [9.17, 15) is 14.4 Å². The lowest BCUT2D eigenvalue weighted by atomic mass is 9.95. The quantitative estimate of drug-likeness (QED) is 0.330. The first-order valence-electron chi connectivity index (χ1n) is 9.62. The third-order valence-corrected chi connectivity index (χ3v) is 6.94. The second-order valence-corrected chi connectivity index (χ2v) is 8.83. The summed E-state index contributed by atoms with van der Waals surface area (Å²) in [7, 11) is 1.40. The summed E-state index contributed by atoms with van der Waals surface area (Å²) in [5.41, 5.74) is 4.15. The molecule has 0 atom stereocenters. The first-order chi connectivity index (χ1) is 14.3. The third-order valence-electron chi connectivity index (χ3n) is 5.46. The Labute approximate surface area is 183 Å². The van der Waals surface area contributed by atoms with Crippen LogP contribution in [0.15, 0.2) is 11.6 Å². The lowest BCUT2D eigenvalue weighted by Crippen LogP contribution is -2.51. The topological polar surface area (TPSA) is 89.4 Å². The minimum absolute atomic E-state index is 0.000455. The summed E-state index contributed by atoms with van der Waals surface area (Å²) >= 11 is 6.46. The van der Waals surface area contributed by atoms with Gasteiger partial charge < -0.3 is 9.30 Å². The molecule has 2 aromatic heterocycles. The number of methoxy groups -OCH3 is 1. The summed E-state index contributed by atoms with van der Waals surface area (Å²) in [6, 6.07) is 1.90. The molecule has 0 spiro atoms. The number of thiocarbonyl (C=S) groups is 1. The minimum Gasteiger partial charge on any atom is -0.465 e. The van der Waals surface area contributed by atoms with Gasteiger partial charge in [0.05, 0.1) is 12.7 Å². The molecule has 0 aromatic carbocycles. The lowest BCUT2D eigenvalue weighted by molar-refractivity contribution is -0.123. The van der Waals surface area contributed by atoms with Crippen LogP contribution in [-0.4, -0.2) is 34.6 Å². The number of rotatable bonds is 3. The molecule has 1 aliphatic heterocycles. The number of esters is 1. The number of hydrogen-bond acceptors (Lipinski definition) is 6. The molecule has 1 aliphatic carbocycles. The average Bonchev–Trinajstić information content (AvgIpc) is 3.20. The van der Waals surface area contributed by atoms with Crippen molar-refractivity contribution in [3.63, 3.8) is 0 Å². The average molecular weight is 444 g/mol. The predicted molar refractivity (Wildman–Crippen MR) is 118 cm³/mol. The van der Waals surface area contributed by atoms with Crippen LogP contribution in [-0.2, 0) is 27.2 Å². The molecule has 2 aliphatic rings. The summed E-state index contributed by atoms with van der Waals surface area (Å²) in [5.74, 6) is -1.40. The molecule has 0 unspecified atom stereocenters. The highest BCUT2D eigenvalue weighted by molar-refractivity contribution is 7.80. The molecule has 1 fully saturated rings. The summed E-state index contributed by atoms with van der Waals surface area (Å²) in [6.45, 7) is 3.84. The summed E-state index contributed by atoms with van der Waals surface area (Å²) in [5, 5.41) is 5.71. The van der Waals surface area contributed by atoms with Crippen molar-refractivity contribution in [3.8, 4) is 5.00 Å². The van der Waals surface area contributed by atoms with Gasteiger partial charge >= 0.3 is 5.97 Å². The van der Waals surface area contributed by atoms with E-state index in [0.717, 1.165) is 53.2 Å². The second-order valence-electron chi connectivity index (χ2n) is 7.34. The maximum atomic E-state index is 12.6. The Kier molecular flexibility index (Phi) is 5.33. The van der Waals surface area contributed by atoms with Crippen LogP contribution in [0, 0.1) is 13.8 Å². The summed E-state index contributed by atoms with van der Waals surface area (Å²) in [6.07, 6.45) is 5.55. The van der Waals surface area contributed by atoms with Crippen molar-refractivity contribution in [2.24, 2.45) is 0 Å². The number of aryl methyl sites for hydroxylation is 2. The van der Waals surface area contributed by atoms with Gasteiger partial charge in [-0.15, -0.1) is 11.3 Å². The van der Waals surface area contributed by atoms with E-state index in [1.165, 1.54) is 12.0 Å². The van der Waals surface area contributed by atoms with Crippen LogP contribution < -0.4 is 10.6 Å². The normalized spacial score (nSPS) is 16.1. The number of carbonyl (C=O) groups is 3. The lowest BCUT2D eigenvalue weighted by Gasteiger charge is -2.16. The highest BCUT2D eigenvalue weighted by Gasteiger charge is 2.29. The molecule has 0 bridgehead atoms. The van der Waals surface area contributed by atoms with Gasteiger partial charge in [0.1, 0.15) is 10.6 Å². The van der Waals surface area contributed by atoms with E-state index >= 15 is 0 Å². The Morgan fingerprint density at radius 1 is 1.20 bits per heavy atom. The maximum absolute atomic E-state index is 12.6. The number of nitrogens with one attached hydrogen (secondary N) is 2. The zero-order valence-corrected chi connectivity index (χ0v) is 18.5. The van der Waals surface area contributed by atoms with Gasteiger partial charge in [-0.2, -0.15) is 0 Å². The fourth-order valence-corrected chi connectivity index (χ4v) is 5.70. The molecular formula is C21H21N3O4S2. The molecule has 4 rings (SSSR count). The fourth-order valence-electron chi connectivity index (χ4n) is 4.03. The Hall–Kier alpha value is -2.78. The smallest absolute Gasteiger partial charge is 0.341 e. The van der Waals surface area contributed by atoms with Crippen molar-refractivity contribution < 1.29 is 19.1 Å². The van der Waals surface area contributed by atoms with Crippen LogP contribution >= 0.6 is 23.6 Å². The van der Waals surface area contributed by atoms with Crippen molar-refractivity contribution in [1.29, 1.82) is 0 Å². The SMILES string of the molecule is COC(=O)c1c(-n2c(C)cc(C=C3C(=O)NC(=S)NC3=O)c2C)sc2c1CCCC2. The van der Waals surface area contributed by atoms with E-state index < -0.39 is 11.8 Å².